The van der Waals surface area contributed by atoms with Crippen molar-refractivity contribution >= 4 is 16.7 Å². The van der Waals surface area contributed by atoms with Crippen molar-refractivity contribution in [3.63, 3.8) is 0 Å². The molecule has 1 N–H and O–H groups in total. The standard InChI is InChI=1S/C13H12F3NO2/c1-8-2-3-11-9(4-8)10(5-17-11)12(18)6-19-7-13(14,15)16/h2-5,17H,6-7H2,1H3. The lowest BCUT2D eigenvalue weighted by atomic mass is 10.1. The van der Waals surface area contributed by atoms with E-state index in [0.29, 0.717) is 10.9 Å². The topological polar surface area (TPSA) is 42.1 Å². The van der Waals surface area contributed by atoms with Crippen LogP contribution in [0, 0.1) is 6.92 Å². The maximum atomic E-state index is 11.9. The van der Waals surface area contributed by atoms with Crippen LogP contribution in [0.5, 0.6) is 0 Å². The third kappa shape index (κ3) is 3.35. The summed E-state index contributed by atoms with van der Waals surface area (Å²) in [6.45, 7) is -0.124. The Balaban J connectivity index is 2.11. The molecule has 1 aromatic carbocycles. The van der Waals surface area contributed by atoms with E-state index in [1.807, 2.05) is 25.1 Å². The van der Waals surface area contributed by atoms with Gasteiger partial charge in [-0.15, -0.1) is 0 Å². The number of halogens is 3. The summed E-state index contributed by atoms with van der Waals surface area (Å²) in [4.78, 5) is 14.7. The smallest absolute Gasteiger partial charge is 0.364 e. The number of carbonyl (C=O) groups is 1. The highest BCUT2D eigenvalue weighted by Gasteiger charge is 2.28. The van der Waals surface area contributed by atoms with Gasteiger partial charge in [-0.1, -0.05) is 11.6 Å². The van der Waals surface area contributed by atoms with E-state index in [9.17, 15) is 18.0 Å². The molecule has 0 amide bonds. The minimum Gasteiger partial charge on any atom is -0.364 e. The number of benzene rings is 1. The summed E-state index contributed by atoms with van der Waals surface area (Å²) in [7, 11) is 0. The van der Waals surface area contributed by atoms with Gasteiger partial charge in [-0.3, -0.25) is 4.79 Å². The van der Waals surface area contributed by atoms with E-state index in [1.165, 1.54) is 6.20 Å². The van der Waals surface area contributed by atoms with Gasteiger partial charge in [0.2, 0.25) is 0 Å². The molecule has 0 bridgehead atoms. The van der Waals surface area contributed by atoms with Gasteiger partial charge in [-0.25, -0.2) is 0 Å². The Morgan fingerprint density at radius 1 is 1.37 bits per heavy atom. The maximum absolute atomic E-state index is 11.9. The number of ether oxygens (including phenoxy) is 1. The highest BCUT2D eigenvalue weighted by Crippen LogP contribution is 2.20. The molecule has 0 fully saturated rings. The van der Waals surface area contributed by atoms with Crippen LogP contribution in [-0.2, 0) is 4.74 Å². The minimum atomic E-state index is -4.42. The van der Waals surface area contributed by atoms with E-state index in [-0.39, 0.29) is 0 Å². The Morgan fingerprint density at radius 2 is 2.11 bits per heavy atom. The molecule has 0 aliphatic heterocycles. The summed E-state index contributed by atoms with van der Waals surface area (Å²) in [6, 6.07) is 5.51. The number of carbonyl (C=O) groups excluding carboxylic acids is 1. The molecule has 1 heterocycles. The van der Waals surface area contributed by atoms with Gasteiger partial charge < -0.3 is 9.72 Å². The molecular formula is C13H12F3NO2. The monoisotopic (exact) mass is 271 g/mol. The number of aromatic amines is 1. The van der Waals surface area contributed by atoms with Crippen molar-refractivity contribution in [1.82, 2.24) is 4.98 Å². The van der Waals surface area contributed by atoms with Crippen LogP contribution in [0.4, 0.5) is 13.2 Å². The third-order valence-electron chi connectivity index (χ3n) is 2.64. The van der Waals surface area contributed by atoms with Crippen LogP contribution in [-0.4, -0.2) is 30.2 Å². The molecule has 0 aliphatic rings. The van der Waals surface area contributed by atoms with Gasteiger partial charge in [-0.05, 0) is 19.1 Å². The number of hydrogen-bond donors (Lipinski definition) is 1. The Bertz CT molecular complexity index is 601. The second kappa shape index (κ2) is 5.05. The number of fused-ring (bicyclic) bond motifs is 1. The first-order valence-corrected chi connectivity index (χ1v) is 5.62. The number of alkyl halides is 3. The zero-order valence-electron chi connectivity index (χ0n) is 10.2. The van der Waals surface area contributed by atoms with Crippen LogP contribution in [0.15, 0.2) is 24.4 Å². The van der Waals surface area contributed by atoms with Crippen molar-refractivity contribution in [2.45, 2.75) is 13.1 Å². The summed E-state index contributed by atoms with van der Waals surface area (Å²) in [5.41, 5.74) is 2.09. The lowest BCUT2D eigenvalue weighted by Gasteiger charge is -2.06. The molecule has 0 saturated heterocycles. The van der Waals surface area contributed by atoms with Gasteiger partial charge in [0.25, 0.3) is 0 Å². The van der Waals surface area contributed by atoms with E-state index in [0.717, 1.165) is 11.1 Å². The molecule has 3 nitrogen and oxygen atoms in total. The largest absolute Gasteiger partial charge is 0.411 e. The highest BCUT2D eigenvalue weighted by atomic mass is 19.4. The molecule has 0 saturated carbocycles. The summed E-state index contributed by atoms with van der Waals surface area (Å²) < 4.78 is 40.1. The average molecular weight is 271 g/mol. The summed E-state index contributed by atoms with van der Waals surface area (Å²) in [5.74, 6) is -0.471. The van der Waals surface area contributed by atoms with Crippen molar-refractivity contribution in [2.24, 2.45) is 0 Å². The van der Waals surface area contributed by atoms with Crippen LogP contribution < -0.4 is 0 Å². The summed E-state index contributed by atoms with van der Waals surface area (Å²) in [6.07, 6.45) is -2.93. The van der Waals surface area contributed by atoms with E-state index in [2.05, 4.69) is 9.72 Å². The van der Waals surface area contributed by atoms with Gasteiger partial charge >= 0.3 is 6.18 Å². The fourth-order valence-corrected chi connectivity index (χ4v) is 1.80. The molecule has 6 heteroatoms. The van der Waals surface area contributed by atoms with Gasteiger partial charge in [0.1, 0.15) is 13.2 Å². The molecular weight excluding hydrogens is 259 g/mol. The number of H-pyrrole nitrogens is 1. The molecule has 0 aliphatic carbocycles. The first kappa shape index (κ1) is 13.6. The van der Waals surface area contributed by atoms with Crippen LogP contribution in [0.1, 0.15) is 15.9 Å². The van der Waals surface area contributed by atoms with Gasteiger partial charge in [0, 0.05) is 22.7 Å². The van der Waals surface area contributed by atoms with Gasteiger partial charge in [0.05, 0.1) is 0 Å². The quantitative estimate of drug-likeness (QED) is 0.867. The SMILES string of the molecule is Cc1ccc2[nH]cc(C(=O)COCC(F)(F)F)c2c1. The first-order chi connectivity index (χ1) is 8.87. The van der Waals surface area contributed by atoms with Crippen molar-refractivity contribution in [2.75, 3.05) is 13.2 Å². The first-order valence-electron chi connectivity index (χ1n) is 5.62. The van der Waals surface area contributed by atoms with Crippen LogP contribution in [0.3, 0.4) is 0 Å². The number of nitrogens with one attached hydrogen (secondary N) is 1. The van der Waals surface area contributed by atoms with Crippen molar-refractivity contribution in [1.29, 1.82) is 0 Å². The second-order valence-corrected chi connectivity index (χ2v) is 4.28. The number of Topliss-reactive ketones (excluding diaryl/α,β-unsaturated/α-hetero) is 1. The Morgan fingerprint density at radius 3 is 2.79 bits per heavy atom. The number of ketones is 1. The van der Waals surface area contributed by atoms with E-state index in [4.69, 9.17) is 0 Å². The number of aryl methyl sites for hydroxylation is 1. The normalized spacial score (nSPS) is 12.0. The zero-order valence-corrected chi connectivity index (χ0v) is 10.2. The fraction of sp³-hybridized carbons (Fsp3) is 0.308. The summed E-state index contributed by atoms with van der Waals surface area (Å²) >= 11 is 0. The fourth-order valence-electron chi connectivity index (χ4n) is 1.80. The number of rotatable bonds is 4. The summed E-state index contributed by atoms with van der Waals surface area (Å²) in [5, 5.41) is 0.695. The third-order valence-corrected chi connectivity index (χ3v) is 2.64. The second-order valence-electron chi connectivity index (χ2n) is 4.28. The predicted molar refractivity (Wildman–Crippen MR) is 64.2 cm³/mol. The average Bonchev–Trinajstić information content (AvgIpc) is 2.69. The maximum Gasteiger partial charge on any atom is 0.411 e. The van der Waals surface area contributed by atoms with Crippen LogP contribution >= 0.6 is 0 Å². The van der Waals surface area contributed by atoms with E-state index >= 15 is 0 Å². The molecule has 1 aromatic heterocycles. The van der Waals surface area contributed by atoms with Crippen LogP contribution in [0.25, 0.3) is 10.9 Å². The van der Waals surface area contributed by atoms with Gasteiger partial charge in [0.15, 0.2) is 5.78 Å². The predicted octanol–water partition coefficient (Wildman–Crippen LogP) is 3.24. The molecule has 0 atom stereocenters. The molecule has 2 rings (SSSR count). The minimum absolute atomic E-state index is 0.348. The van der Waals surface area contributed by atoms with Gasteiger partial charge in [-0.2, -0.15) is 13.2 Å². The van der Waals surface area contributed by atoms with Crippen molar-refractivity contribution < 1.29 is 22.7 Å². The lowest BCUT2D eigenvalue weighted by Crippen LogP contribution is -2.20. The zero-order chi connectivity index (χ0) is 14.0. The Kier molecular flexibility index (Phi) is 3.61. The molecule has 0 unspecified atom stereocenters. The molecule has 0 spiro atoms. The Labute approximate surface area is 107 Å². The van der Waals surface area contributed by atoms with E-state index in [1.54, 1.807) is 0 Å². The van der Waals surface area contributed by atoms with Crippen molar-refractivity contribution in [3.8, 4) is 0 Å². The highest BCUT2D eigenvalue weighted by molar-refractivity contribution is 6.08. The number of hydrogen-bond acceptors (Lipinski definition) is 2. The van der Waals surface area contributed by atoms with Crippen LogP contribution in [0.2, 0.25) is 0 Å². The number of aromatic nitrogens is 1. The molecule has 0 radical (unpaired) electrons. The molecule has 102 valence electrons. The molecule has 19 heavy (non-hydrogen) atoms. The van der Waals surface area contributed by atoms with Crippen molar-refractivity contribution in [3.05, 3.63) is 35.5 Å². The molecule has 2 aromatic rings. The van der Waals surface area contributed by atoms with E-state index < -0.39 is 25.2 Å². The lowest BCUT2D eigenvalue weighted by molar-refractivity contribution is -0.170. The Hall–Kier alpha value is -1.82.